The molecule has 3 aromatic rings. The van der Waals surface area contributed by atoms with E-state index in [-0.39, 0.29) is 12.5 Å². The molecule has 0 aliphatic heterocycles. The Morgan fingerprint density at radius 2 is 1.44 bits per heavy atom. The van der Waals surface area contributed by atoms with Gasteiger partial charge in [-0.05, 0) is 40.7 Å². The number of carboxylic acid groups (broad SMARTS) is 1. The first-order valence-electron chi connectivity index (χ1n) is 11.2. The van der Waals surface area contributed by atoms with E-state index in [1.165, 1.54) is 0 Å². The molecule has 1 fully saturated rings. The molecular formula is C27H24N2O5. The molecule has 1 saturated carbocycles. The monoisotopic (exact) mass is 456 g/mol. The average Bonchev–Trinajstić information content (AvgIpc) is 3.57. The van der Waals surface area contributed by atoms with Crippen LogP contribution in [0.2, 0.25) is 0 Å². The summed E-state index contributed by atoms with van der Waals surface area (Å²) in [6.07, 6.45) is 0.148. The van der Waals surface area contributed by atoms with Gasteiger partial charge in [-0.2, -0.15) is 0 Å². The summed E-state index contributed by atoms with van der Waals surface area (Å²) in [7, 11) is 0. The number of carbonyl (C=O) groups is 3. The molecular weight excluding hydrogens is 432 g/mol. The van der Waals surface area contributed by atoms with Gasteiger partial charge in [0.15, 0.2) is 6.04 Å². The highest BCUT2D eigenvalue weighted by atomic mass is 16.5. The Bertz CT molecular complexity index is 1210. The van der Waals surface area contributed by atoms with Crippen molar-refractivity contribution in [1.82, 2.24) is 10.6 Å². The van der Waals surface area contributed by atoms with Gasteiger partial charge in [0.25, 0.3) is 0 Å². The summed E-state index contributed by atoms with van der Waals surface area (Å²) in [4.78, 5) is 37.3. The second-order valence-corrected chi connectivity index (χ2v) is 8.69. The van der Waals surface area contributed by atoms with Crippen molar-refractivity contribution < 1.29 is 24.2 Å². The van der Waals surface area contributed by atoms with Crippen LogP contribution < -0.4 is 10.6 Å². The number of aliphatic carboxylic acids is 1. The van der Waals surface area contributed by atoms with Gasteiger partial charge in [0, 0.05) is 5.92 Å². The largest absolute Gasteiger partial charge is 0.479 e. The van der Waals surface area contributed by atoms with Crippen molar-refractivity contribution in [3.63, 3.8) is 0 Å². The lowest BCUT2D eigenvalue weighted by Gasteiger charge is -2.21. The molecule has 0 spiro atoms. The Morgan fingerprint density at radius 1 is 0.882 bits per heavy atom. The van der Waals surface area contributed by atoms with Crippen LogP contribution in [0, 0.1) is 0 Å². The van der Waals surface area contributed by atoms with Gasteiger partial charge in [-0.3, -0.25) is 4.79 Å². The molecule has 0 heterocycles. The number of fused-ring (bicyclic) bond motifs is 3. The number of hydrogen-bond acceptors (Lipinski definition) is 4. The second kappa shape index (κ2) is 8.67. The van der Waals surface area contributed by atoms with E-state index in [1.807, 2.05) is 36.4 Å². The SMILES string of the molecule is O=C(NC1(C(=O)N[C@H](C(=O)O)c2ccccc2)CC1)OCC1c2ccccc2-c2ccccc21. The summed E-state index contributed by atoms with van der Waals surface area (Å²) in [6.45, 7) is 0.138. The molecule has 3 N–H and O–H groups in total. The molecule has 0 unspecified atom stereocenters. The van der Waals surface area contributed by atoms with E-state index in [4.69, 9.17) is 4.74 Å². The molecule has 172 valence electrons. The van der Waals surface area contributed by atoms with Gasteiger partial charge in [-0.15, -0.1) is 0 Å². The molecule has 7 nitrogen and oxygen atoms in total. The van der Waals surface area contributed by atoms with Crippen LogP contribution in [-0.2, 0) is 14.3 Å². The predicted molar refractivity (Wildman–Crippen MR) is 125 cm³/mol. The molecule has 0 radical (unpaired) electrons. The predicted octanol–water partition coefficient (Wildman–Crippen LogP) is 4.00. The van der Waals surface area contributed by atoms with Crippen LogP contribution in [0.1, 0.15) is 41.5 Å². The Morgan fingerprint density at radius 3 is 2.00 bits per heavy atom. The number of alkyl carbamates (subject to hydrolysis) is 1. The first-order valence-corrected chi connectivity index (χ1v) is 11.2. The van der Waals surface area contributed by atoms with Gasteiger partial charge in [0.1, 0.15) is 12.1 Å². The van der Waals surface area contributed by atoms with Crippen molar-refractivity contribution in [1.29, 1.82) is 0 Å². The highest BCUT2D eigenvalue weighted by Crippen LogP contribution is 2.44. The zero-order chi connectivity index (χ0) is 23.7. The molecule has 0 bridgehead atoms. The minimum absolute atomic E-state index is 0.0865. The fourth-order valence-electron chi connectivity index (χ4n) is 4.57. The Balaban J connectivity index is 1.24. The zero-order valence-electron chi connectivity index (χ0n) is 18.4. The highest BCUT2D eigenvalue weighted by molar-refractivity contribution is 5.95. The molecule has 0 aromatic heterocycles. The molecule has 34 heavy (non-hydrogen) atoms. The van der Waals surface area contributed by atoms with Crippen LogP contribution >= 0.6 is 0 Å². The van der Waals surface area contributed by atoms with Crippen LogP contribution in [0.5, 0.6) is 0 Å². The summed E-state index contributed by atoms with van der Waals surface area (Å²) in [5.74, 6) is -1.79. The van der Waals surface area contributed by atoms with Crippen molar-refractivity contribution in [3.8, 4) is 11.1 Å². The third-order valence-electron chi connectivity index (χ3n) is 6.52. The molecule has 7 heteroatoms. The van der Waals surface area contributed by atoms with Gasteiger partial charge in [0.05, 0.1) is 0 Å². The summed E-state index contributed by atoms with van der Waals surface area (Å²) in [6, 6.07) is 23.3. The normalized spacial score (nSPS) is 16.0. The standard InChI is InChI=1S/C27H24N2O5/c30-24(31)23(17-8-2-1-3-9-17)28-25(32)27(14-15-27)29-26(33)34-16-22-20-12-6-4-10-18(20)19-11-5-7-13-21(19)22/h1-13,22-23H,14-16H2,(H,28,32)(H,29,33)(H,30,31)/t23-/m0/s1. The Kier molecular flexibility index (Phi) is 5.53. The second-order valence-electron chi connectivity index (χ2n) is 8.69. The molecule has 0 saturated heterocycles. The van der Waals surface area contributed by atoms with Gasteiger partial charge in [-0.1, -0.05) is 78.9 Å². The molecule has 3 aromatic carbocycles. The van der Waals surface area contributed by atoms with Gasteiger partial charge in [-0.25, -0.2) is 9.59 Å². The van der Waals surface area contributed by atoms with Gasteiger partial charge < -0.3 is 20.5 Å². The number of hydrogen-bond donors (Lipinski definition) is 3. The number of nitrogens with one attached hydrogen (secondary N) is 2. The van der Waals surface area contributed by atoms with Crippen LogP contribution in [0.25, 0.3) is 11.1 Å². The van der Waals surface area contributed by atoms with Crippen LogP contribution in [0.15, 0.2) is 78.9 Å². The number of amides is 2. The van der Waals surface area contributed by atoms with E-state index in [0.717, 1.165) is 22.3 Å². The summed E-state index contributed by atoms with van der Waals surface area (Å²) in [5.41, 5.74) is 3.77. The smallest absolute Gasteiger partial charge is 0.408 e. The maximum Gasteiger partial charge on any atom is 0.408 e. The lowest BCUT2D eigenvalue weighted by atomic mass is 9.98. The topological polar surface area (TPSA) is 105 Å². The highest BCUT2D eigenvalue weighted by Gasteiger charge is 2.52. The number of carboxylic acids is 1. The van der Waals surface area contributed by atoms with Crippen LogP contribution in [0.4, 0.5) is 4.79 Å². The van der Waals surface area contributed by atoms with Crippen molar-refractivity contribution in [2.75, 3.05) is 6.61 Å². The maximum atomic E-state index is 12.9. The van der Waals surface area contributed by atoms with Crippen molar-refractivity contribution >= 4 is 18.0 Å². The first kappa shape index (κ1) is 21.7. The Hall–Kier alpha value is -4.13. The number of benzene rings is 3. The molecule has 1 atom stereocenters. The number of carbonyl (C=O) groups excluding carboxylic acids is 2. The third-order valence-corrected chi connectivity index (χ3v) is 6.52. The van der Waals surface area contributed by atoms with E-state index in [9.17, 15) is 19.5 Å². The summed E-state index contributed by atoms with van der Waals surface area (Å²) >= 11 is 0. The van der Waals surface area contributed by atoms with E-state index >= 15 is 0 Å². The fourth-order valence-corrected chi connectivity index (χ4v) is 4.57. The van der Waals surface area contributed by atoms with E-state index < -0.39 is 29.6 Å². The minimum Gasteiger partial charge on any atom is -0.479 e. The van der Waals surface area contributed by atoms with Crippen molar-refractivity contribution in [3.05, 3.63) is 95.6 Å². The molecule has 5 rings (SSSR count). The minimum atomic E-state index is -1.20. The maximum absolute atomic E-state index is 12.9. The average molecular weight is 456 g/mol. The van der Waals surface area contributed by atoms with E-state index in [2.05, 4.69) is 22.8 Å². The van der Waals surface area contributed by atoms with Crippen molar-refractivity contribution in [2.45, 2.75) is 30.3 Å². The quantitative estimate of drug-likeness (QED) is 0.499. The van der Waals surface area contributed by atoms with E-state index in [1.54, 1.807) is 30.3 Å². The fraction of sp³-hybridized carbons (Fsp3) is 0.222. The summed E-state index contributed by atoms with van der Waals surface area (Å²) < 4.78 is 5.56. The lowest BCUT2D eigenvalue weighted by Crippen LogP contribution is -2.51. The van der Waals surface area contributed by atoms with Crippen LogP contribution in [-0.4, -0.2) is 35.2 Å². The van der Waals surface area contributed by atoms with Gasteiger partial charge >= 0.3 is 12.1 Å². The van der Waals surface area contributed by atoms with E-state index in [0.29, 0.717) is 18.4 Å². The molecule has 2 aliphatic rings. The molecule has 2 aliphatic carbocycles. The number of ether oxygens (including phenoxy) is 1. The number of rotatable bonds is 7. The third kappa shape index (κ3) is 4.01. The van der Waals surface area contributed by atoms with Gasteiger partial charge in [0.2, 0.25) is 5.91 Å². The summed E-state index contributed by atoms with van der Waals surface area (Å²) in [5, 5.41) is 14.8. The zero-order valence-corrected chi connectivity index (χ0v) is 18.4. The lowest BCUT2D eigenvalue weighted by molar-refractivity contribution is -0.142. The molecule has 2 amide bonds. The first-order chi connectivity index (χ1) is 16.5. The van der Waals surface area contributed by atoms with Crippen LogP contribution in [0.3, 0.4) is 0 Å². The van der Waals surface area contributed by atoms with Crippen molar-refractivity contribution in [2.24, 2.45) is 0 Å². The Labute approximate surface area is 196 Å².